The summed E-state index contributed by atoms with van der Waals surface area (Å²) in [4.78, 5) is 23.0. The number of hydrogen-bond donors (Lipinski definition) is 3. The number of amides is 1. The second kappa shape index (κ2) is 7.23. The van der Waals surface area contributed by atoms with Gasteiger partial charge in [0.25, 0.3) is 5.91 Å². The lowest BCUT2D eigenvalue weighted by Crippen LogP contribution is -2.25. The Balaban J connectivity index is 2.08. The molecule has 1 aliphatic heterocycles. The zero-order valence-corrected chi connectivity index (χ0v) is 14.0. The molecule has 0 bridgehead atoms. The van der Waals surface area contributed by atoms with Gasteiger partial charge in [-0.05, 0) is 17.7 Å². The van der Waals surface area contributed by atoms with Crippen molar-refractivity contribution >= 4 is 5.91 Å². The van der Waals surface area contributed by atoms with Gasteiger partial charge in [-0.1, -0.05) is 12.1 Å². The highest BCUT2D eigenvalue weighted by Crippen LogP contribution is 2.41. The van der Waals surface area contributed by atoms with Crippen molar-refractivity contribution in [3.63, 3.8) is 0 Å². The zero-order valence-electron chi connectivity index (χ0n) is 14.0. The van der Waals surface area contributed by atoms with E-state index in [2.05, 4.69) is 0 Å². The van der Waals surface area contributed by atoms with Gasteiger partial charge in [-0.25, -0.2) is 0 Å². The van der Waals surface area contributed by atoms with Crippen LogP contribution in [0.15, 0.2) is 51.0 Å². The molecule has 138 valence electrons. The van der Waals surface area contributed by atoms with Crippen molar-refractivity contribution in [2.75, 3.05) is 6.61 Å². The predicted molar refractivity (Wildman–Crippen MR) is 91.3 cm³/mol. The quantitative estimate of drug-likeness (QED) is 0.674. The van der Waals surface area contributed by atoms with Gasteiger partial charge in [-0.3, -0.25) is 9.59 Å². The van der Waals surface area contributed by atoms with Crippen LogP contribution in [0.1, 0.15) is 23.0 Å². The van der Waals surface area contributed by atoms with Crippen LogP contribution in [-0.4, -0.2) is 17.6 Å². The lowest BCUT2D eigenvalue weighted by molar-refractivity contribution is -0.119. The molecule has 0 radical (unpaired) electrons. The third kappa shape index (κ3) is 3.47. The Bertz CT molecular complexity index is 1020. The number of carbonyl (C=O) groups excluding carboxylic acids is 1. The Morgan fingerprint density at radius 3 is 2.63 bits per heavy atom. The van der Waals surface area contributed by atoms with Crippen molar-refractivity contribution in [1.29, 1.82) is 5.26 Å². The molecule has 0 spiro atoms. The van der Waals surface area contributed by atoms with Crippen LogP contribution < -0.4 is 26.4 Å². The van der Waals surface area contributed by atoms with Crippen LogP contribution in [0, 0.1) is 11.3 Å². The number of nitrogens with zero attached hydrogens (tertiary/aromatic N) is 1. The highest BCUT2D eigenvalue weighted by Gasteiger charge is 2.35. The van der Waals surface area contributed by atoms with Crippen molar-refractivity contribution in [1.82, 2.24) is 0 Å². The minimum Gasteiger partial charge on any atom is -0.484 e. The number of carbonyl (C=O) groups is 1. The van der Waals surface area contributed by atoms with Gasteiger partial charge in [0.05, 0.1) is 5.92 Å². The molecule has 0 saturated carbocycles. The average molecular weight is 369 g/mol. The summed E-state index contributed by atoms with van der Waals surface area (Å²) in [5, 5.41) is 18.8. The van der Waals surface area contributed by atoms with Crippen LogP contribution in [0.4, 0.5) is 0 Å². The third-order valence-corrected chi connectivity index (χ3v) is 3.88. The SMILES string of the molecule is N#CC1=C(N)Oc2c(oc(CO)cc2=O)[C@H]1c1ccc(OCC(N)=O)cc1. The predicted octanol–water partition coefficient (Wildman–Crippen LogP) is 0.214. The van der Waals surface area contributed by atoms with Crippen molar-refractivity contribution < 1.29 is 23.8 Å². The van der Waals surface area contributed by atoms with E-state index in [1.54, 1.807) is 24.3 Å². The highest BCUT2D eigenvalue weighted by atomic mass is 16.5. The molecule has 2 aromatic rings. The van der Waals surface area contributed by atoms with E-state index in [9.17, 15) is 20.0 Å². The number of aliphatic hydroxyl groups is 1. The molecule has 0 aliphatic carbocycles. The smallest absolute Gasteiger partial charge is 0.255 e. The van der Waals surface area contributed by atoms with Crippen LogP contribution >= 0.6 is 0 Å². The lowest BCUT2D eigenvalue weighted by atomic mass is 9.87. The summed E-state index contributed by atoms with van der Waals surface area (Å²) in [5.74, 6) is -1.25. The molecule has 1 amide bonds. The summed E-state index contributed by atoms with van der Waals surface area (Å²) in [7, 11) is 0. The number of nitriles is 1. The normalized spacial score (nSPS) is 15.5. The minimum absolute atomic E-state index is 0.0338. The highest BCUT2D eigenvalue weighted by molar-refractivity contribution is 5.75. The molecule has 3 rings (SSSR count). The molecule has 1 aliphatic rings. The molecule has 0 unspecified atom stereocenters. The first-order chi connectivity index (χ1) is 12.9. The molecule has 9 heteroatoms. The fourth-order valence-electron chi connectivity index (χ4n) is 2.71. The van der Waals surface area contributed by atoms with Gasteiger partial charge in [-0.2, -0.15) is 5.26 Å². The van der Waals surface area contributed by atoms with Crippen molar-refractivity contribution in [3.8, 4) is 17.6 Å². The molecule has 5 N–H and O–H groups in total. The maximum absolute atomic E-state index is 12.2. The Kier molecular flexibility index (Phi) is 4.83. The maximum atomic E-state index is 12.2. The minimum atomic E-state index is -0.803. The van der Waals surface area contributed by atoms with Crippen LogP contribution in [0.2, 0.25) is 0 Å². The van der Waals surface area contributed by atoms with Gasteiger partial charge in [-0.15, -0.1) is 0 Å². The Morgan fingerprint density at radius 2 is 2.04 bits per heavy atom. The number of aliphatic hydroxyl groups excluding tert-OH is 1. The second-order valence-electron chi connectivity index (χ2n) is 5.68. The summed E-state index contributed by atoms with van der Waals surface area (Å²) in [6.45, 7) is -0.763. The summed E-state index contributed by atoms with van der Waals surface area (Å²) in [5.41, 5.74) is 11.0. The van der Waals surface area contributed by atoms with Crippen molar-refractivity contribution in [2.45, 2.75) is 12.5 Å². The maximum Gasteiger partial charge on any atom is 0.255 e. The molecule has 1 aromatic carbocycles. The first-order valence-corrected chi connectivity index (χ1v) is 7.81. The summed E-state index contributed by atoms with van der Waals surface area (Å²) >= 11 is 0. The van der Waals surface area contributed by atoms with Gasteiger partial charge >= 0.3 is 0 Å². The van der Waals surface area contributed by atoms with E-state index in [1.807, 2.05) is 6.07 Å². The average Bonchev–Trinajstić information content (AvgIpc) is 2.66. The number of primary amides is 1. The van der Waals surface area contributed by atoms with E-state index in [-0.39, 0.29) is 35.3 Å². The zero-order chi connectivity index (χ0) is 19.6. The fourth-order valence-corrected chi connectivity index (χ4v) is 2.71. The van der Waals surface area contributed by atoms with Gasteiger partial charge in [0.15, 0.2) is 12.4 Å². The molecule has 9 nitrogen and oxygen atoms in total. The van der Waals surface area contributed by atoms with E-state index in [0.717, 1.165) is 6.07 Å². The van der Waals surface area contributed by atoms with Gasteiger partial charge in [0.1, 0.15) is 29.8 Å². The Hall–Kier alpha value is -3.77. The standard InChI is InChI=1S/C18H15N3O6/c19-6-12-15(9-1-3-10(4-2-9)25-8-14(20)24)17-16(27-18(12)21)13(23)5-11(7-22)26-17/h1-5,15,22H,7-8,21H2,(H2,20,24)/t15-/m0/s1. The number of fused-ring (bicyclic) bond motifs is 1. The largest absolute Gasteiger partial charge is 0.484 e. The summed E-state index contributed by atoms with van der Waals surface area (Å²) in [6, 6.07) is 9.48. The summed E-state index contributed by atoms with van der Waals surface area (Å²) < 4.78 is 16.1. The first-order valence-electron chi connectivity index (χ1n) is 7.81. The number of hydrogen-bond acceptors (Lipinski definition) is 8. The van der Waals surface area contributed by atoms with Gasteiger partial charge in [0, 0.05) is 6.07 Å². The number of benzene rings is 1. The molecule has 1 aromatic heterocycles. The third-order valence-electron chi connectivity index (χ3n) is 3.88. The van der Waals surface area contributed by atoms with Gasteiger partial charge in [0.2, 0.25) is 17.1 Å². The van der Waals surface area contributed by atoms with Crippen LogP contribution in [-0.2, 0) is 11.4 Å². The van der Waals surface area contributed by atoms with E-state index in [1.165, 1.54) is 0 Å². The fraction of sp³-hybridized carbons (Fsp3) is 0.167. The van der Waals surface area contributed by atoms with Gasteiger partial charge < -0.3 is 30.5 Å². The number of nitrogens with two attached hydrogens (primary N) is 2. The second-order valence-corrected chi connectivity index (χ2v) is 5.68. The Morgan fingerprint density at radius 1 is 1.33 bits per heavy atom. The van der Waals surface area contributed by atoms with Crippen LogP contribution in [0.5, 0.6) is 11.5 Å². The van der Waals surface area contributed by atoms with E-state index in [0.29, 0.717) is 11.3 Å². The summed E-state index contributed by atoms with van der Waals surface area (Å²) in [6.07, 6.45) is 0. The van der Waals surface area contributed by atoms with Crippen molar-refractivity contribution in [3.05, 3.63) is 69.1 Å². The molecular formula is C18H15N3O6. The monoisotopic (exact) mass is 369 g/mol. The number of allylic oxidation sites excluding steroid dienone is 1. The Labute approximate surface area is 153 Å². The van der Waals surface area contributed by atoms with E-state index >= 15 is 0 Å². The molecule has 1 atom stereocenters. The first kappa shape index (κ1) is 18.0. The molecule has 0 saturated heterocycles. The lowest BCUT2D eigenvalue weighted by Gasteiger charge is -2.24. The molecule has 2 heterocycles. The number of ether oxygens (including phenoxy) is 2. The number of rotatable bonds is 5. The topological polar surface area (TPSA) is 162 Å². The molecular weight excluding hydrogens is 354 g/mol. The molecule has 0 fully saturated rings. The van der Waals surface area contributed by atoms with Crippen LogP contribution in [0.3, 0.4) is 0 Å². The van der Waals surface area contributed by atoms with Crippen molar-refractivity contribution in [2.24, 2.45) is 11.5 Å². The molecule has 27 heavy (non-hydrogen) atoms. The van der Waals surface area contributed by atoms with Crippen LogP contribution in [0.25, 0.3) is 0 Å². The van der Waals surface area contributed by atoms with E-state index in [4.69, 9.17) is 25.4 Å². The van der Waals surface area contributed by atoms with E-state index < -0.39 is 23.9 Å².